The van der Waals surface area contributed by atoms with E-state index in [9.17, 15) is 0 Å². The number of anilines is 1. The fraction of sp³-hybridized carbons (Fsp3) is 0.778. The van der Waals surface area contributed by atoms with Crippen LogP contribution in [0.2, 0.25) is 0 Å². The van der Waals surface area contributed by atoms with Crippen molar-refractivity contribution in [2.45, 2.75) is 31.5 Å². The maximum Gasteiger partial charge on any atom is 0.245 e. The van der Waals surface area contributed by atoms with Gasteiger partial charge in [0.25, 0.3) is 0 Å². The molecule has 0 saturated heterocycles. The summed E-state index contributed by atoms with van der Waals surface area (Å²) in [5, 5.41) is 5.30. The summed E-state index contributed by atoms with van der Waals surface area (Å²) < 4.78 is 1.81. The number of hydrogen-bond donors (Lipinski definition) is 0. The Balaban J connectivity index is 2.97. The van der Waals surface area contributed by atoms with E-state index < -0.39 is 0 Å². The normalized spacial score (nSPS) is 11.9. The predicted molar refractivity (Wildman–Crippen MR) is 60.9 cm³/mol. The second-order valence-electron chi connectivity index (χ2n) is 4.25. The Hall–Kier alpha value is -0.710. The van der Waals surface area contributed by atoms with E-state index in [2.05, 4.69) is 35.8 Å². The predicted octanol–water partition coefficient (Wildman–Crippen LogP) is 1.77. The summed E-state index contributed by atoms with van der Waals surface area (Å²) in [5.74, 6) is 0.782. The van der Waals surface area contributed by atoms with Crippen LogP contribution in [-0.2, 0) is 7.05 Å². The molecule has 0 aliphatic carbocycles. The lowest BCUT2D eigenvalue weighted by Gasteiger charge is -2.30. The van der Waals surface area contributed by atoms with Gasteiger partial charge >= 0.3 is 0 Å². The highest BCUT2D eigenvalue weighted by Gasteiger charge is 2.21. The van der Waals surface area contributed by atoms with E-state index in [0.717, 1.165) is 11.1 Å². The van der Waals surface area contributed by atoms with Crippen LogP contribution in [-0.4, -0.2) is 33.6 Å². The zero-order valence-corrected chi connectivity index (χ0v) is 10.5. The second kappa shape index (κ2) is 3.81. The lowest BCUT2D eigenvalue weighted by atomic mass is 10.1. The number of thioether (sulfide) groups is 1. The van der Waals surface area contributed by atoms with Crippen LogP contribution in [0.15, 0.2) is 5.16 Å². The topological polar surface area (TPSA) is 34.0 Å². The monoisotopic (exact) mass is 214 g/mol. The third-order valence-electron chi connectivity index (χ3n) is 2.20. The molecule has 0 amide bonds. The summed E-state index contributed by atoms with van der Waals surface area (Å²) in [5.41, 5.74) is 0.0526. The van der Waals surface area contributed by atoms with Crippen molar-refractivity contribution < 1.29 is 0 Å². The lowest BCUT2D eigenvalue weighted by Crippen LogP contribution is -2.38. The van der Waals surface area contributed by atoms with Gasteiger partial charge in [-0.15, -0.1) is 5.10 Å². The Kier molecular flexibility index (Phi) is 3.09. The molecule has 0 unspecified atom stereocenters. The summed E-state index contributed by atoms with van der Waals surface area (Å²) >= 11 is 1.61. The van der Waals surface area contributed by atoms with E-state index in [1.54, 1.807) is 11.8 Å². The Labute approximate surface area is 89.7 Å². The van der Waals surface area contributed by atoms with Crippen molar-refractivity contribution in [3.63, 3.8) is 0 Å². The van der Waals surface area contributed by atoms with Crippen LogP contribution in [0.1, 0.15) is 20.8 Å². The molecular weight excluding hydrogens is 196 g/mol. The van der Waals surface area contributed by atoms with Crippen LogP contribution in [0, 0.1) is 0 Å². The number of hydrogen-bond acceptors (Lipinski definition) is 4. The molecule has 1 rings (SSSR count). The molecule has 0 saturated carbocycles. The molecule has 4 nitrogen and oxygen atoms in total. The molecule has 5 heteroatoms. The maximum atomic E-state index is 4.44. The van der Waals surface area contributed by atoms with Gasteiger partial charge in [0.1, 0.15) is 0 Å². The highest BCUT2D eigenvalue weighted by atomic mass is 32.2. The van der Waals surface area contributed by atoms with Crippen molar-refractivity contribution in [1.29, 1.82) is 0 Å². The van der Waals surface area contributed by atoms with Crippen molar-refractivity contribution in [1.82, 2.24) is 14.8 Å². The van der Waals surface area contributed by atoms with Crippen molar-refractivity contribution in [2.75, 3.05) is 18.2 Å². The molecule has 0 fully saturated rings. The molecule has 0 aromatic carbocycles. The van der Waals surface area contributed by atoms with Gasteiger partial charge in [0, 0.05) is 19.6 Å². The minimum absolute atomic E-state index is 0.0526. The first-order valence-corrected chi connectivity index (χ1v) is 5.77. The second-order valence-corrected chi connectivity index (χ2v) is 5.03. The van der Waals surface area contributed by atoms with E-state index in [1.165, 1.54) is 0 Å². The van der Waals surface area contributed by atoms with Crippen molar-refractivity contribution in [2.24, 2.45) is 7.05 Å². The van der Waals surface area contributed by atoms with Crippen LogP contribution >= 0.6 is 11.8 Å². The van der Waals surface area contributed by atoms with Crippen LogP contribution in [0.4, 0.5) is 5.95 Å². The molecule has 1 heterocycles. The Morgan fingerprint density at radius 1 is 1.36 bits per heavy atom. The van der Waals surface area contributed by atoms with Gasteiger partial charge in [-0.2, -0.15) is 4.98 Å². The quantitative estimate of drug-likeness (QED) is 0.703. The number of rotatable bonds is 2. The summed E-state index contributed by atoms with van der Waals surface area (Å²) in [7, 11) is 3.93. The highest BCUT2D eigenvalue weighted by Crippen LogP contribution is 2.20. The number of aryl methyl sites for hydroxylation is 1. The molecule has 0 atom stereocenters. The van der Waals surface area contributed by atoms with Gasteiger partial charge in [0.05, 0.1) is 0 Å². The van der Waals surface area contributed by atoms with E-state index in [0.29, 0.717) is 0 Å². The molecule has 0 radical (unpaired) electrons. The first-order valence-electron chi connectivity index (χ1n) is 4.55. The van der Waals surface area contributed by atoms with Crippen LogP contribution < -0.4 is 4.90 Å². The minimum atomic E-state index is 0.0526. The summed E-state index contributed by atoms with van der Waals surface area (Å²) in [6.07, 6.45) is 2.00. The fourth-order valence-corrected chi connectivity index (χ4v) is 1.46. The molecule has 0 aliphatic heterocycles. The number of nitrogens with zero attached hydrogens (tertiary/aromatic N) is 4. The lowest BCUT2D eigenvalue weighted by molar-refractivity contribution is 0.526. The average molecular weight is 214 g/mol. The molecule has 14 heavy (non-hydrogen) atoms. The van der Waals surface area contributed by atoms with Crippen LogP contribution in [0.3, 0.4) is 0 Å². The molecule has 1 aromatic rings. The first-order chi connectivity index (χ1) is 6.36. The zero-order chi connectivity index (χ0) is 10.9. The van der Waals surface area contributed by atoms with Crippen molar-refractivity contribution >= 4 is 17.7 Å². The first kappa shape index (κ1) is 11.4. The maximum absolute atomic E-state index is 4.44. The Bertz CT molecular complexity index is 313. The molecular formula is C9H18N4S. The molecule has 0 N–H and O–H groups in total. The SMILES string of the molecule is CSc1nc(N(C)C(C)(C)C)nn1C. The Morgan fingerprint density at radius 3 is 2.29 bits per heavy atom. The Morgan fingerprint density at radius 2 is 1.93 bits per heavy atom. The van der Waals surface area contributed by atoms with Gasteiger partial charge in [-0.1, -0.05) is 11.8 Å². The van der Waals surface area contributed by atoms with Gasteiger partial charge in [-0.05, 0) is 27.0 Å². The average Bonchev–Trinajstić information content (AvgIpc) is 2.43. The molecule has 1 aromatic heterocycles. The van der Waals surface area contributed by atoms with E-state index in [4.69, 9.17) is 0 Å². The third-order valence-corrected chi connectivity index (χ3v) is 2.92. The van der Waals surface area contributed by atoms with E-state index >= 15 is 0 Å². The van der Waals surface area contributed by atoms with Crippen LogP contribution in [0.25, 0.3) is 0 Å². The third kappa shape index (κ3) is 2.20. The van der Waals surface area contributed by atoms with Gasteiger partial charge in [0.2, 0.25) is 5.95 Å². The van der Waals surface area contributed by atoms with Crippen molar-refractivity contribution in [3.8, 4) is 0 Å². The summed E-state index contributed by atoms with van der Waals surface area (Å²) in [6, 6.07) is 0. The van der Waals surface area contributed by atoms with E-state index in [1.807, 2.05) is 25.0 Å². The summed E-state index contributed by atoms with van der Waals surface area (Å²) in [4.78, 5) is 6.51. The molecule has 0 bridgehead atoms. The highest BCUT2D eigenvalue weighted by molar-refractivity contribution is 7.98. The van der Waals surface area contributed by atoms with Gasteiger partial charge in [-0.25, -0.2) is 4.68 Å². The van der Waals surface area contributed by atoms with Gasteiger partial charge in [-0.3, -0.25) is 0 Å². The zero-order valence-electron chi connectivity index (χ0n) is 9.70. The van der Waals surface area contributed by atoms with Gasteiger partial charge in [0.15, 0.2) is 5.16 Å². The minimum Gasteiger partial charge on any atom is -0.338 e. The standard InChI is InChI=1S/C9H18N4S/c1-9(2,3)12(4)7-10-8(14-6)13(5)11-7/h1-6H3. The van der Waals surface area contributed by atoms with Gasteiger partial charge < -0.3 is 4.90 Å². The molecule has 0 spiro atoms. The molecule has 80 valence electrons. The van der Waals surface area contributed by atoms with Crippen molar-refractivity contribution in [3.05, 3.63) is 0 Å². The largest absolute Gasteiger partial charge is 0.338 e. The summed E-state index contributed by atoms with van der Waals surface area (Å²) in [6.45, 7) is 6.42. The van der Waals surface area contributed by atoms with E-state index in [-0.39, 0.29) is 5.54 Å². The van der Waals surface area contributed by atoms with Crippen LogP contribution in [0.5, 0.6) is 0 Å². The molecule has 0 aliphatic rings. The smallest absolute Gasteiger partial charge is 0.245 e. The number of aromatic nitrogens is 3. The fourth-order valence-electron chi connectivity index (χ4n) is 0.977.